The molecule has 1 unspecified atom stereocenters. The first-order valence-electron chi connectivity index (χ1n) is 12.9. The van der Waals surface area contributed by atoms with Crippen molar-refractivity contribution in [3.8, 4) is 5.75 Å². The van der Waals surface area contributed by atoms with Crippen LogP contribution in [0.25, 0.3) is 4.91 Å². The van der Waals surface area contributed by atoms with Crippen LogP contribution in [0.5, 0.6) is 5.75 Å². The second-order valence-electron chi connectivity index (χ2n) is 9.88. The van der Waals surface area contributed by atoms with Crippen molar-refractivity contribution in [1.82, 2.24) is 10.6 Å². The molecule has 3 N–H and O–H groups in total. The molecule has 2 aromatic carbocycles. The fourth-order valence-corrected chi connectivity index (χ4v) is 5.80. The van der Waals surface area contributed by atoms with E-state index in [1.807, 2.05) is 6.21 Å². The molecule has 0 radical (unpaired) electrons. The quantitative estimate of drug-likeness (QED) is 0.331. The molecule has 2 heterocycles. The second-order valence-corrected chi connectivity index (χ2v) is 10.9. The maximum atomic E-state index is 14.7. The number of thioether (sulfide) groups is 1. The number of nitrogens with zero attached hydrogens (tertiary/aromatic N) is 1. The maximum absolute atomic E-state index is 14.7. The summed E-state index contributed by atoms with van der Waals surface area (Å²) in [4.78, 5) is 19.0. The smallest absolute Gasteiger partial charge is 0.319 e. The van der Waals surface area contributed by atoms with Crippen LogP contribution in [0.2, 0.25) is 0 Å². The average Bonchev–Trinajstić information content (AvgIpc) is 3.63. The summed E-state index contributed by atoms with van der Waals surface area (Å²) in [5.74, 6) is -0.358. The number of rotatable bonds is 11. The number of nitrogens with one attached hydrogen (secondary N) is 3. The number of halogens is 1. The Morgan fingerprint density at radius 3 is 2.76 bits per heavy atom. The van der Waals surface area contributed by atoms with Crippen molar-refractivity contribution in [2.45, 2.75) is 44.3 Å². The van der Waals surface area contributed by atoms with Crippen molar-refractivity contribution in [1.29, 1.82) is 0 Å². The zero-order chi connectivity index (χ0) is 26.5. The number of anilines is 1. The SMILES string of the molecule is COCCNCc1ccc(C2=CC3(C)N=CCC(COc4ccc(NC(=O)NC5CC5)cc4F)=C3S2)cc1. The fraction of sp³-hybridized carbons (Fsp3) is 0.379. The van der Waals surface area contributed by atoms with Crippen LogP contribution in [0, 0.1) is 5.82 Å². The Kier molecular flexibility index (Phi) is 8.16. The van der Waals surface area contributed by atoms with Gasteiger partial charge >= 0.3 is 6.03 Å². The Bertz CT molecular complexity index is 1270. The Morgan fingerprint density at radius 1 is 1.21 bits per heavy atom. The highest BCUT2D eigenvalue weighted by molar-refractivity contribution is 8.12. The largest absolute Gasteiger partial charge is 0.486 e. The van der Waals surface area contributed by atoms with Crippen LogP contribution in [-0.4, -0.2) is 50.7 Å². The summed E-state index contributed by atoms with van der Waals surface area (Å²) in [5.41, 5.74) is 3.40. The number of methoxy groups -OCH3 is 1. The van der Waals surface area contributed by atoms with Gasteiger partial charge in [-0.3, -0.25) is 4.99 Å². The molecule has 2 aliphatic heterocycles. The number of carbonyl (C=O) groups is 1. The van der Waals surface area contributed by atoms with Crippen LogP contribution in [-0.2, 0) is 11.3 Å². The van der Waals surface area contributed by atoms with Gasteiger partial charge in [-0.15, -0.1) is 0 Å². The van der Waals surface area contributed by atoms with Gasteiger partial charge in [0.05, 0.1) is 6.61 Å². The third-order valence-electron chi connectivity index (χ3n) is 6.66. The molecule has 0 saturated heterocycles. The summed E-state index contributed by atoms with van der Waals surface area (Å²) in [5, 5.41) is 8.86. The number of amides is 2. The highest BCUT2D eigenvalue weighted by atomic mass is 32.2. The van der Waals surface area contributed by atoms with Crippen LogP contribution in [0.15, 0.2) is 64.0 Å². The van der Waals surface area contributed by atoms with E-state index in [1.165, 1.54) is 11.6 Å². The lowest BCUT2D eigenvalue weighted by Gasteiger charge is -2.26. The van der Waals surface area contributed by atoms with E-state index >= 15 is 0 Å². The van der Waals surface area contributed by atoms with Gasteiger partial charge in [0.15, 0.2) is 11.6 Å². The first-order chi connectivity index (χ1) is 18.4. The van der Waals surface area contributed by atoms with Gasteiger partial charge in [0, 0.05) is 60.4 Å². The van der Waals surface area contributed by atoms with Gasteiger partial charge in [-0.25, -0.2) is 9.18 Å². The molecule has 38 heavy (non-hydrogen) atoms. The van der Waals surface area contributed by atoms with Gasteiger partial charge in [0.1, 0.15) is 12.1 Å². The molecular formula is C29H33FN4O3S. The zero-order valence-electron chi connectivity index (χ0n) is 21.7. The van der Waals surface area contributed by atoms with E-state index in [0.29, 0.717) is 18.7 Å². The van der Waals surface area contributed by atoms with Crippen LogP contribution < -0.4 is 20.7 Å². The standard InChI is InChI=1S/C29H33FN4O3S/c1-29-16-26(20-5-3-19(4-6-20)17-31-13-14-36-2)38-27(29)21(11-12-32-29)18-37-25-10-9-23(15-24(25)30)34-28(35)33-22-7-8-22/h3-6,9-10,12,15-16,22,31H,7-8,11,13-14,17-18H2,1-2H3,(H2,33,34,35). The van der Waals surface area contributed by atoms with E-state index < -0.39 is 11.4 Å². The van der Waals surface area contributed by atoms with Crippen LogP contribution in [0.1, 0.15) is 37.3 Å². The molecule has 2 amide bonds. The van der Waals surface area contributed by atoms with Gasteiger partial charge in [-0.1, -0.05) is 36.0 Å². The summed E-state index contributed by atoms with van der Waals surface area (Å²) in [6.45, 7) is 4.67. The molecule has 7 nitrogen and oxygen atoms in total. The molecule has 2 aromatic rings. The number of ether oxygens (including phenoxy) is 2. The van der Waals surface area contributed by atoms with Crippen LogP contribution in [0.3, 0.4) is 0 Å². The molecule has 1 fully saturated rings. The maximum Gasteiger partial charge on any atom is 0.319 e. The number of carbonyl (C=O) groups excluding carboxylic acids is 1. The summed E-state index contributed by atoms with van der Waals surface area (Å²) in [6, 6.07) is 13.0. The number of hydrogen-bond donors (Lipinski definition) is 3. The summed E-state index contributed by atoms with van der Waals surface area (Å²) in [6.07, 6.45) is 6.76. The van der Waals surface area contributed by atoms with E-state index in [1.54, 1.807) is 31.0 Å². The lowest BCUT2D eigenvalue weighted by atomic mass is 9.94. The van der Waals surface area contributed by atoms with E-state index in [0.717, 1.165) is 46.9 Å². The molecule has 9 heteroatoms. The van der Waals surface area contributed by atoms with E-state index in [4.69, 9.17) is 14.5 Å². The summed E-state index contributed by atoms with van der Waals surface area (Å²) < 4.78 is 25.7. The Balaban J connectivity index is 1.21. The molecule has 200 valence electrons. The number of dihydropyridines is 1. The van der Waals surface area contributed by atoms with E-state index in [2.05, 4.69) is 53.2 Å². The number of aliphatic imine (C=N–C) groups is 1. The van der Waals surface area contributed by atoms with Crippen molar-refractivity contribution in [2.24, 2.45) is 4.99 Å². The molecule has 0 bridgehead atoms. The van der Waals surface area contributed by atoms with Crippen molar-refractivity contribution in [3.05, 3.63) is 76.0 Å². The monoisotopic (exact) mass is 536 g/mol. The second kappa shape index (κ2) is 11.7. The number of hydrogen-bond acceptors (Lipinski definition) is 6. The first-order valence-corrected chi connectivity index (χ1v) is 13.7. The highest BCUT2D eigenvalue weighted by Gasteiger charge is 2.38. The van der Waals surface area contributed by atoms with Gasteiger partial charge in [-0.05, 0) is 54.7 Å². The molecule has 1 atom stereocenters. The minimum absolute atomic E-state index is 0.154. The van der Waals surface area contributed by atoms with Crippen LogP contribution >= 0.6 is 11.8 Å². The topological polar surface area (TPSA) is 84.0 Å². The molecular weight excluding hydrogens is 503 g/mol. The molecule has 0 aromatic heterocycles. The molecule has 3 aliphatic rings. The van der Waals surface area contributed by atoms with Crippen molar-refractivity contribution in [2.75, 3.05) is 32.2 Å². The molecule has 1 aliphatic carbocycles. The van der Waals surface area contributed by atoms with E-state index in [-0.39, 0.29) is 24.4 Å². The Morgan fingerprint density at radius 2 is 2.03 bits per heavy atom. The van der Waals surface area contributed by atoms with Gasteiger partial charge in [0.25, 0.3) is 0 Å². The highest BCUT2D eigenvalue weighted by Crippen LogP contribution is 2.52. The average molecular weight is 537 g/mol. The van der Waals surface area contributed by atoms with E-state index in [9.17, 15) is 9.18 Å². The molecule has 1 saturated carbocycles. The minimum Gasteiger partial charge on any atom is -0.486 e. The van der Waals surface area contributed by atoms with Gasteiger partial charge in [0.2, 0.25) is 0 Å². The predicted octanol–water partition coefficient (Wildman–Crippen LogP) is 5.50. The molecule has 5 rings (SSSR count). The van der Waals surface area contributed by atoms with Crippen molar-refractivity contribution >= 4 is 34.6 Å². The predicted molar refractivity (Wildman–Crippen MR) is 151 cm³/mol. The lowest BCUT2D eigenvalue weighted by Crippen LogP contribution is -2.30. The van der Waals surface area contributed by atoms with Gasteiger partial charge in [-0.2, -0.15) is 0 Å². The van der Waals surface area contributed by atoms with Crippen molar-refractivity contribution < 1.29 is 18.7 Å². The zero-order valence-corrected chi connectivity index (χ0v) is 22.5. The van der Waals surface area contributed by atoms with Crippen molar-refractivity contribution in [3.63, 3.8) is 0 Å². The Hall–Kier alpha value is -3.14. The number of fused-ring (bicyclic) bond motifs is 1. The summed E-state index contributed by atoms with van der Waals surface area (Å²) >= 11 is 1.71. The number of urea groups is 1. The number of benzene rings is 2. The Labute approximate surface area is 227 Å². The fourth-order valence-electron chi connectivity index (χ4n) is 4.43. The molecule has 0 spiro atoms. The van der Waals surface area contributed by atoms with Crippen LogP contribution in [0.4, 0.5) is 14.9 Å². The lowest BCUT2D eigenvalue weighted by molar-refractivity contribution is 0.199. The third kappa shape index (κ3) is 6.46. The first kappa shape index (κ1) is 26.5. The minimum atomic E-state index is -0.512. The summed E-state index contributed by atoms with van der Waals surface area (Å²) in [7, 11) is 1.70. The normalized spacial score (nSPS) is 20.2. The van der Waals surface area contributed by atoms with Gasteiger partial charge < -0.3 is 25.4 Å². The third-order valence-corrected chi connectivity index (χ3v) is 8.14.